The van der Waals surface area contributed by atoms with Crippen LogP contribution in [0.25, 0.3) is 0 Å². The summed E-state index contributed by atoms with van der Waals surface area (Å²) in [7, 11) is 0. The molecule has 0 radical (unpaired) electrons. The third kappa shape index (κ3) is 4.77. The predicted octanol–water partition coefficient (Wildman–Crippen LogP) is 1.67. The first kappa shape index (κ1) is 15.6. The second kappa shape index (κ2) is 7.51. The van der Waals surface area contributed by atoms with Crippen LogP contribution in [0.1, 0.15) is 11.1 Å². The fraction of sp³-hybridized carbons (Fsp3) is 0.125. The lowest BCUT2D eigenvalue weighted by atomic mass is 10.1. The highest BCUT2D eigenvalue weighted by atomic mass is 127. The molecule has 0 aliphatic rings. The molecular formula is C8H13I2N3. The van der Waals surface area contributed by atoms with Gasteiger partial charge in [0.2, 0.25) is 0 Å². The van der Waals surface area contributed by atoms with Crippen molar-refractivity contribution in [3.05, 3.63) is 35.4 Å². The third-order valence-corrected chi connectivity index (χ3v) is 1.47. The normalized spacial score (nSPS) is 8.08. The molecule has 5 N–H and O–H groups in total. The van der Waals surface area contributed by atoms with Crippen LogP contribution in [0.4, 0.5) is 0 Å². The van der Waals surface area contributed by atoms with E-state index in [4.69, 9.17) is 16.9 Å². The Labute approximate surface area is 112 Å². The monoisotopic (exact) mass is 405 g/mol. The fourth-order valence-corrected chi connectivity index (χ4v) is 0.866. The molecule has 0 aliphatic heterocycles. The first-order valence-electron chi connectivity index (χ1n) is 3.37. The maximum absolute atomic E-state index is 7.14. The van der Waals surface area contributed by atoms with E-state index in [9.17, 15) is 0 Å². The van der Waals surface area contributed by atoms with E-state index < -0.39 is 0 Å². The molecule has 0 aromatic heterocycles. The van der Waals surface area contributed by atoms with Crippen LogP contribution in [-0.2, 0) is 6.54 Å². The number of nitrogens with one attached hydrogen (secondary N) is 1. The summed E-state index contributed by atoms with van der Waals surface area (Å²) in [6.07, 6.45) is 0. The first-order chi connectivity index (χ1) is 5.24. The quantitative estimate of drug-likeness (QED) is 0.398. The Morgan fingerprint density at radius 3 is 2.38 bits per heavy atom. The number of hydrogen-bond acceptors (Lipinski definition) is 2. The van der Waals surface area contributed by atoms with Gasteiger partial charge in [0.1, 0.15) is 5.84 Å². The molecule has 1 aromatic rings. The van der Waals surface area contributed by atoms with E-state index >= 15 is 0 Å². The Bertz CT molecular complexity index is 276. The van der Waals surface area contributed by atoms with Crippen LogP contribution < -0.4 is 11.5 Å². The number of hydrogen-bond donors (Lipinski definition) is 3. The highest BCUT2D eigenvalue weighted by Crippen LogP contribution is 2.02. The third-order valence-electron chi connectivity index (χ3n) is 1.47. The van der Waals surface area contributed by atoms with Crippen molar-refractivity contribution in [3.8, 4) is 0 Å². The van der Waals surface area contributed by atoms with Crippen LogP contribution in [0.3, 0.4) is 0 Å². The van der Waals surface area contributed by atoms with Crippen LogP contribution in [-0.4, -0.2) is 5.84 Å². The van der Waals surface area contributed by atoms with Crippen molar-refractivity contribution in [3.63, 3.8) is 0 Å². The molecule has 0 bridgehead atoms. The lowest BCUT2D eigenvalue weighted by molar-refractivity contribution is 1.07. The smallest absolute Gasteiger partial charge is 0.122 e. The molecule has 0 heterocycles. The SMILES string of the molecule is I.I.N=C(N)c1cccc(CN)c1. The standard InChI is InChI=1S/C8H11N3.2HI/c9-5-6-2-1-3-7(4-6)8(10)11;;/h1-4H,5,9H2,(H3,10,11);2*1H. The molecule has 0 spiro atoms. The van der Waals surface area contributed by atoms with Crippen molar-refractivity contribution in [1.29, 1.82) is 5.41 Å². The number of rotatable bonds is 2. The van der Waals surface area contributed by atoms with E-state index in [-0.39, 0.29) is 53.8 Å². The Kier molecular flexibility index (Phi) is 9.00. The highest BCUT2D eigenvalue weighted by molar-refractivity contribution is 14.0. The molecule has 0 amide bonds. The molecule has 1 aromatic carbocycles. The average Bonchev–Trinajstić information content (AvgIpc) is 2.05. The molecule has 0 fully saturated rings. The highest BCUT2D eigenvalue weighted by Gasteiger charge is 1.95. The van der Waals surface area contributed by atoms with Gasteiger partial charge in [0.15, 0.2) is 0 Å². The first-order valence-corrected chi connectivity index (χ1v) is 3.37. The van der Waals surface area contributed by atoms with Crippen molar-refractivity contribution >= 4 is 53.8 Å². The van der Waals surface area contributed by atoms with Crippen LogP contribution in [0.2, 0.25) is 0 Å². The molecule has 1 rings (SSSR count). The minimum Gasteiger partial charge on any atom is -0.384 e. The van der Waals surface area contributed by atoms with E-state index in [0.717, 1.165) is 11.1 Å². The van der Waals surface area contributed by atoms with E-state index in [2.05, 4.69) is 0 Å². The summed E-state index contributed by atoms with van der Waals surface area (Å²) in [5, 5.41) is 7.14. The second-order valence-electron chi connectivity index (χ2n) is 2.32. The maximum atomic E-state index is 7.14. The van der Waals surface area contributed by atoms with Crippen molar-refractivity contribution < 1.29 is 0 Å². The van der Waals surface area contributed by atoms with Crippen LogP contribution in [0, 0.1) is 5.41 Å². The van der Waals surface area contributed by atoms with Crippen molar-refractivity contribution in [1.82, 2.24) is 0 Å². The molecule has 3 nitrogen and oxygen atoms in total. The minimum absolute atomic E-state index is 0. The molecule has 0 unspecified atom stereocenters. The molecule has 5 heteroatoms. The lowest BCUT2D eigenvalue weighted by Crippen LogP contribution is -2.11. The van der Waals surface area contributed by atoms with E-state index in [0.29, 0.717) is 6.54 Å². The van der Waals surface area contributed by atoms with Crippen molar-refractivity contribution in [2.24, 2.45) is 11.5 Å². The largest absolute Gasteiger partial charge is 0.384 e. The van der Waals surface area contributed by atoms with Crippen molar-refractivity contribution in [2.75, 3.05) is 0 Å². The molecular weight excluding hydrogens is 392 g/mol. The Morgan fingerprint density at radius 1 is 1.31 bits per heavy atom. The number of nitrogen functional groups attached to an aromatic ring is 1. The second-order valence-corrected chi connectivity index (χ2v) is 2.32. The zero-order valence-electron chi connectivity index (χ0n) is 6.99. The summed E-state index contributed by atoms with van der Waals surface area (Å²) in [5.74, 6) is 0.0836. The Morgan fingerprint density at radius 2 is 1.92 bits per heavy atom. The molecule has 0 saturated carbocycles. The van der Waals surface area contributed by atoms with Gasteiger partial charge >= 0.3 is 0 Å². The topological polar surface area (TPSA) is 75.9 Å². The van der Waals surface area contributed by atoms with E-state index in [1.54, 1.807) is 6.07 Å². The number of benzene rings is 1. The Balaban J connectivity index is 0. The van der Waals surface area contributed by atoms with Gasteiger partial charge in [0, 0.05) is 12.1 Å². The van der Waals surface area contributed by atoms with Gasteiger partial charge in [-0.2, -0.15) is 0 Å². The predicted molar refractivity (Wildman–Crippen MR) is 76.2 cm³/mol. The number of halogens is 2. The van der Waals surface area contributed by atoms with Crippen LogP contribution in [0.5, 0.6) is 0 Å². The summed E-state index contributed by atoms with van der Waals surface area (Å²) in [5.41, 5.74) is 12.4. The van der Waals surface area contributed by atoms with Gasteiger partial charge < -0.3 is 11.5 Å². The molecule has 0 saturated heterocycles. The fourth-order valence-electron chi connectivity index (χ4n) is 0.866. The van der Waals surface area contributed by atoms with Crippen LogP contribution in [0.15, 0.2) is 24.3 Å². The average molecular weight is 405 g/mol. The number of amidine groups is 1. The van der Waals surface area contributed by atoms with E-state index in [1.165, 1.54) is 0 Å². The minimum atomic E-state index is 0. The van der Waals surface area contributed by atoms with Gasteiger partial charge in [-0.25, -0.2) is 0 Å². The van der Waals surface area contributed by atoms with Crippen molar-refractivity contribution in [2.45, 2.75) is 6.54 Å². The Hall–Kier alpha value is 0.110. The summed E-state index contributed by atoms with van der Waals surface area (Å²) in [4.78, 5) is 0. The van der Waals surface area contributed by atoms with Gasteiger partial charge in [0.25, 0.3) is 0 Å². The molecule has 74 valence electrons. The van der Waals surface area contributed by atoms with Gasteiger partial charge in [-0.3, -0.25) is 5.41 Å². The van der Waals surface area contributed by atoms with E-state index in [1.807, 2.05) is 18.2 Å². The molecule has 0 atom stereocenters. The van der Waals surface area contributed by atoms with Gasteiger partial charge in [0.05, 0.1) is 0 Å². The summed E-state index contributed by atoms with van der Waals surface area (Å²) in [6, 6.07) is 7.37. The van der Waals surface area contributed by atoms with Gasteiger partial charge in [-0.15, -0.1) is 48.0 Å². The molecule has 0 aliphatic carbocycles. The summed E-state index contributed by atoms with van der Waals surface area (Å²) in [6.45, 7) is 0.487. The zero-order chi connectivity index (χ0) is 8.27. The zero-order valence-corrected chi connectivity index (χ0v) is 11.6. The number of nitrogens with two attached hydrogens (primary N) is 2. The maximum Gasteiger partial charge on any atom is 0.122 e. The van der Waals surface area contributed by atoms with Gasteiger partial charge in [-0.05, 0) is 11.6 Å². The van der Waals surface area contributed by atoms with Crippen LogP contribution >= 0.6 is 48.0 Å². The van der Waals surface area contributed by atoms with Gasteiger partial charge in [-0.1, -0.05) is 18.2 Å². The summed E-state index contributed by atoms with van der Waals surface area (Å²) < 4.78 is 0. The summed E-state index contributed by atoms with van der Waals surface area (Å²) >= 11 is 0. The lowest BCUT2D eigenvalue weighted by Gasteiger charge is -1.99. The molecule has 13 heavy (non-hydrogen) atoms.